The SMILES string of the molecule is Oc1cccc2c1CCC(N1CCOCC1)C2. The maximum Gasteiger partial charge on any atom is 0.119 e. The minimum absolute atomic E-state index is 0.475. The van der Waals surface area contributed by atoms with E-state index in [0.717, 1.165) is 51.1 Å². The molecule has 3 rings (SSSR count). The van der Waals surface area contributed by atoms with Gasteiger partial charge in [-0.2, -0.15) is 0 Å². The summed E-state index contributed by atoms with van der Waals surface area (Å²) in [7, 11) is 0. The molecule has 1 saturated heterocycles. The third-order valence-corrected chi connectivity index (χ3v) is 3.99. The molecule has 1 unspecified atom stereocenters. The van der Waals surface area contributed by atoms with Crippen molar-refractivity contribution in [3.05, 3.63) is 29.3 Å². The van der Waals surface area contributed by atoms with Gasteiger partial charge in [0.05, 0.1) is 13.2 Å². The fourth-order valence-electron chi connectivity index (χ4n) is 3.02. The fraction of sp³-hybridized carbons (Fsp3) is 0.571. The van der Waals surface area contributed by atoms with E-state index in [1.54, 1.807) is 6.07 Å². The average Bonchev–Trinajstić information content (AvgIpc) is 2.40. The number of fused-ring (bicyclic) bond motifs is 1. The zero-order valence-corrected chi connectivity index (χ0v) is 10.1. The molecule has 92 valence electrons. The first kappa shape index (κ1) is 11.1. The summed E-state index contributed by atoms with van der Waals surface area (Å²) in [5.74, 6) is 0.475. The van der Waals surface area contributed by atoms with Crippen molar-refractivity contribution in [1.29, 1.82) is 0 Å². The van der Waals surface area contributed by atoms with Gasteiger partial charge in [-0.25, -0.2) is 0 Å². The van der Waals surface area contributed by atoms with Gasteiger partial charge in [0.2, 0.25) is 0 Å². The summed E-state index contributed by atoms with van der Waals surface area (Å²) in [6.07, 6.45) is 3.23. The fourth-order valence-corrected chi connectivity index (χ4v) is 3.02. The highest BCUT2D eigenvalue weighted by Crippen LogP contribution is 2.30. The molecule has 1 aliphatic carbocycles. The topological polar surface area (TPSA) is 32.7 Å². The Labute approximate surface area is 102 Å². The summed E-state index contributed by atoms with van der Waals surface area (Å²) in [5.41, 5.74) is 2.49. The van der Waals surface area contributed by atoms with E-state index in [4.69, 9.17) is 4.74 Å². The molecule has 2 aliphatic rings. The number of phenolic OH excluding ortho intramolecular Hbond substituents is 1. The van der Waals surface area contributed by atoms with Crippen LogP contribution in [-0.2, 0) is 17.6 Å². The van der Waals surface area contributed by atoms with Gasteiger partial charge in [-0.3, -0.25) is 4.90 Å². The van der Waals surface area contributed by atoms with Gasteiger partial charge in [-0.1, -0.05) is 12.1 Å². The van der Waals surface area contributed by atoms with E-state index in [-0.39, 0.29) is 0 Å². The van der Waals surface area contributed by atoms with E-state index >= 15 is 0 Å². The largest absolute Gasteiger partial charge is 0.508 e. The Hall–Kier alpha value is -1.06. The highest BCUT2D eigenvalue weighted by atomic mass is 16.5. The van der Waals surface area contributed by atoms with E-state index < -0.39 is 0 Å². The zero-order valence-electron chi connectivity index (χ0n) is 10.1. The Balaban J connectivity index is 1.76. The van der Waals surface area contributed by atoms with Crippen LogP contribution in [-0.4, -0.2) is 42.4 Å². The molecular weight excluding hydrogens is 214 g/mol. The minimum Gasteiger partial charge on any atom is -0.508 e. The van der Waals surface area contributed by atoms with Crippen LogP contribution in [0.2, 0.25) is 0 Å². The molecule has 1 aromatic rings. The Morgan fingerprint density at radius 3 is 2.88 bits per heavy atom. The lowest BCUT2D eigenvalue weighted by atomic mass is 9.87. The number of aromatic hydroxyl groups is 1. The Morgan fingerprint density at radius 1 is 1.24 bits per heavy atom. The first-order valence-electron chi connectivity index (χ1n) is 6.46. The van der Waals surface area contributed by atoms with Gasteiger partial charge in [0.15, 0.2) is 0 Å². The molecule has 1 atom stereocenters. The molecule has 1 heterocycles. The molecule has 17 heavy (non-hydrogen) atoms. The quantitative estimate of drug-likeness (QED) is 0.799. The summed E-state index contributed by atoms with van der Waals surface area (Å²) in [6, 6.07) is 6.54. The van der Waals surface area contributed by atoms with Gasteiger partial charge in [-0.15, -0.1) is 0 Å². The minimum atomic E-state index is 0.475. The van der Waals surface area contributed by atoms with Crippen LogP contribution in [0.1, 0.15) is 17.5 Å². The Kier molecular flexibility index (Phi) is 3.04. The summed E-state index contributed by atoms with van der Waals surface area (Å²) in [4.78, 5) is 2.54. The first-order chi connectivity index (χ1) is 8.34. The molecule has 0 bridgehead atoms. The molecule has 0 amide bonds. The van der Waals surface area contributed by atoms with Crippen LogP contribution in [0.25, 0.3) is 0 Å². The smallest absolute Gasteiger partial charge is 0.119 e. The van der Waals surface area contributed by atoms with Crippen molar-refractivity contribution in [2.24, 2.45) is 0 Å². The van der Waals surface area contributed by atoms with Crippen molar-refractivity contribution in [3.8, 4) is 5.75 Å². The number of morpholine rings is 1. The zero-order chi connectivity index (χ0) is 11.7. The highest BCUT2D eigenvalue weighted by molar-refractivity contribution is 5.41. The second-order valence-corrected chi connectivity index (χ2v) is 4.96. The third-order valence-electron chi connectivity index (χ3n) is 3.99. The number of hydrogen-bond acceptors (Lipinski definition) is 3. The monoisotopic (exact) mass is 233 g/mol. The molecule has 0 saturated carbocycles. The maximum atomic E-state index is 9.82. The lowest BCUT2D eigenvalue weighted by Crippen LogP contribution is -2.45. The van der Waals surface area contributed by atoms with Crippen LogP contribution in [0, 0.1) is 0 Å². The van der Waals surface area contributed by atoms with Crippen LogP contribution >= 0.6 is 0 Å². The summed E-state index contributed by atoms with van der Waals surface area (Å²) < 4.78 is 5.40. The summed E-state index contributed by atoms with van der Waals surface area (Å²) in [5, 5.41) is 9.82. The molecule has 3 heteroatoms. The standard InChI is InChI=1S/C14H19NO2/c16-14-3-1-2-11-10-12(4-5-13(11)14)15-6-8-17-9-7-15/h1-3,12,16H,4-10H2. The molecule has 1 N–H and O–H groups in total. The van der Waals surface area contributed by atoms with Crippen molar-refractivity contribution >= 4 is 0 Å². The predicted molar refractivity (Wildman–Crippen MR) is 66.3 cm³/mol. The molecule has 3 nitrogen and oxygen atoms in total. The number of ether oxygens (including phenoxy) is 1. The van der Waals surface area contributed by atoms with Crippen molar-refractivity contribution in [2.45, 2.75) is 25.3 Å². The van der Waals surface area contributed by atoms with E-state index in [2.05, 4.69) is 11.0 Å². The normalized spacial score (nSPS) is 25.5. The Bertz CT molecular complexity index is 399. The molecule has 0 spiro atoms. The molecule has 1 fully saturated rings. The lowest BCUT2D eigenvalue weighted by molar-refractivity contribution is 0.0137. The summed E-state index contributed by atoms with van der Waals surface area (Å²) in [6.45, 7) is 3.84. The number of rotatable bonds is 1. The van der Waals surface area contributed by atoms with Crippen molar-refractivity contribution in [3.63, 3.8) is 0 Å². The van der Waals surface area contributed by atoms with Crippen molar-refractivity contribution in [1.82, 2.24) is 4.90 Å². The van der Waals surface area contributed by atoms with Gasteiger partial charge < -0.3 is 9.84 Å². The second kappa shape index (κ2) is 4.67. The van der Waals surface area contributed by atoms with Crippen molar-refractivity contribution < 1.29 is 9.84 Å². The number of hydrogen-bond donors (Lipinski definition) is 1. The summed E-state index contributed by atoms with van der Waals surface area (Å²) >= 11 is 0. The molecule has 0 radical (unpaired) electrons. The average molecular weight is 233 g/mol. The molecule has 0 aromatic heterocycles. The van der Waals surface area contributed by atoms with Gasteiger partial charge in [-0.05, 0) is 36.5 Å². The van der Waals surface area contributed by atoms with E-state index in [1.807, 2.05) is 6.07 Å². The number of phenols is 1. The van der Waals surface area contributed by atoms with Crippen LogP contribution < -0.4 is 0 Å². The van der Waals surface area contributed by atoms with E-state index in [0.29, 0.717) is 11.8 Å². The lowest BCUT2D eigenvalue weighted by Gasteiger charge is -2.37. The third kappa shape index (κ3) is 2.17. The Morgan fingerprint density at radius 2 is 2.06 bits per heavy atom. The van der Waals surface area contributed by atoms with Crippen LogP contribution in [0.3, 0.4) is 0 Å². The van der Waals surface area contributed by atoms with Gasteiger partial charge in [0, 0.05) is 19.1 Å². The predicted octanol–water partition coefficient (Wildman–Crippen LogP) is 1.58. The van der Waals surface area contributed by atoms with Gasteiger partial charge >= 0.3 is 0 Å². The highest BCUT2D eigenvalue weighted by Gasteiger charge is 2.26. The molecule has 1 aromatic carbocycles. The van der Waals surface area contributed by atoms with Gasteiger partial charge in [0.25, 0.3) is 0 Å². The maximum absolute atomic E-state index is 9.82. The molecular formula is C14H19NO2. The van der Waals surface area contributed by atoms with E-state index in [9.17, 15) is 5.11 Å². The molecule has 1 aliphatic heterocycles. The van der Waals surface area contributed by atoms with E-state index in [1.165, 1.54) is 5.56 Å². The van der Waals surface area contributed by atoms with Crippen LogP contribution in [0.4, 0.5) is 0 Å². The number of benzene rings is 1. The second-order valence-electron chi connectivity index (χ2n) is 4.96. The van der Waals surface area contributed by atoms with Crippen LogP contribution in [0.5, 0.6) is 5.75 Å². The van der Waals surface area contributed by atoms with Crippen LogP contribution in [0.15, 0.2) is 18.2 Å². The van der Waals surface area contributed by atoms with Crippen molar-refractivity contribution in [2.75, 3.05) is 26.3 Å². The first-order valence-corrected chi connectivity index (χ1v) is 6.46. The van der Waals surface area contributed by atoms with Gasteiger partial charge in [0.1, 0.15) is 5.75 Å². The number of nitrogens with zero attached hydrogens (tertiary/aromatic N) is 1.